The summed E-state index contributed by atoms with van der Waals surface area (Å²) in [5.41, 5.74) is 1.01. The minimum absolute atomic E-state index is 0.0144. The van der Waals surface area contributed by atoms with Crippen LogP contribution >= 0.6 is 0 Å². The number of hydrogen-bond donors (Lipinski definition) is 1. The molecule has 0 bridgehead atoms. The molecule has 1 unspecified atom stereocenters. The zero-order chi connectivity index (χ0) is 17.2. The van der Waals surface area contributed by atoms with Gasteiger partial charge in [-0.15, -0.1) is 0 Å². The quantitative estimate of drug-likeness (QED) is 0.914. The van der Waals surface area contributed by atoms with Crippen molar-refractivity contribution in [2.45, 2.75) is 17.4 Å². The molecule has 126 valence electrons. The lowest BCUT2D eigenvalue weighted by Crippen LogP contribution is -2.32. The van der Waals surface area contributed by atoms with Crippen molar-refractivity contribution in [3.8, 4) is 0 Å². The van der Waals surface area contributed by atoms with Gasteiger partial charge in [0.2, 0.25) is 0 Å². The Kier molecular flexibility index (Phi) is 4.53. The van der Waals surface area contributed by atoms with E-state index in [2.05, 4.69) is 10.3 Å². The smallest absolute Gasteiger partial charge is 0.272 e. The standard InChI is InChI=1S/C17H19N3O3S/c1-24(22,23)16-8-3-2-6-14(16)19-13-9-11-20(12-13)17(21)15-7-4-5-10-18-15/h2-8,10,13,19H,9,11-12H2,1H3. The lowest BCUT2D eigenvalue weighted by Gasteiger charge is -2.18. The van der Waals surface area contributed by atoms with Crippen molar-refractivity contribution in [3.63, 3.8) is 0 Å². The molecule has 1 N–H and O–H groups in total. The number of amides is 1. The number of anilines is 1. The molecule has 7 heteroatoms. The molecular formula is C17H19N3O3S. The van der Waals surface area contributed by atoms with Crippen molar-refractivity contribution in [1.82, 2.24) is 9.88 Å². The molecule has 0 spiro atoms. The molecule has 2 aromatic rings. The first kappa shape index (κ1) is 16.4. The van der Waals surface area contributed by atoms with Crippen molar-refractivity contribution >= 4 is 21.4 Å². The Labute approximate surface area is 141 Å². The number of sulfone groups is 1. The van der Waals surface area contributed by atoms with E-state index in [1.54, 1.807) is 53.6 Å². The minimum atomic E-state index is -3.30. The van der Waals surface area contributed by atoms with Gasteiger partial charge in [0.15, 0.2) is 9.84 Å². The number of carbonyl (C=O) groups excluding carboxylic acids is 1. The molecule has 1 aliphatic rings. The Morgan fingerprint density at radius 1 is 1.21 bits per heavy atom. The van der Waals surface area contributed by atoms with Crippen LogP contribution in [0.15, 0.2) is 53.6 Å². The van der Waals surface area contributed by atoms with Gasteiger partial charge in [-0.05, 0) is 30.7 Å². The van der Waals surface area contributed by atoms with Crippen LogP contribution in [0, 0.1) is 0 Å². The number of carbonyl (C=O) groups is 1. The lowest BCUT2D eigenvalue weighted by atomic mass is 10.2. The van der Waals surface area contributed by atoms with Crippen molar-refractivity contribution in [3.05, 3.63) is 54.4 Å². The molecule has 0 aliphatic carbocycles. The van der Waals surface area contributed by atoms with Crippen LogP contribution < -0.4 is 5.32 Å². The summed E-state index contributed by atoms with van der Waals surface area (Å²) in [6.45, 7) is 1.14. The second kappa shape index (κ2) is 6.60. The molecule has 1 fully saturated rings. The van der Waals surface area contributed by atoms with Crippen LogP contribution in [0.1, 0.15) is 16.9 Å². The number of rotatable bonds is 4. The molecule has 1 aliphatic heterocycles. The summed E-state index contributed by atoms with van der Waals surface area (Å²) in [7, 11) is -3.30. The third-order valence-corrected chi connectivity index (χ3v) is 5.16. The lowest BCUT2D eigenvalue weighted by molar-refractivity contribution is 0.0786. The largest absolute Gasteiger partial charge is 0.379 e. The van der Waals surface area contributed by atoms with Crippen molar-refractivity contribution in [2.24, 2.45) is 0 Å². The van der Waals surface area contributed by atoms with E-state index in [-0.39, 0.29) is 16.8 Å². The molecule has 2 heterocycles. The van der Waals surface area contributed by atoms with E-state index in [1.807, 2.05) is 0 Å². The van der Waals surface area contributed by atoms with Crippen LogP contribution in [0.2, 0.25) is 0 Å². The average Bonchev–Trinajstić information content (AvgIpc) is 3.03. The van der Waals surface area contributed by atoms with Gasteiger partial charge in [0.25, 0.3) is 5.91 Å². The zero-order valence-electron chi connectivity index (χ0n) is 13.3. The third-order valence-electron chi connectivity index (χ3n) is 4.01. The van der Waals surface area contributed by atoms with Crippen molar-refractivity contribution < 1.29 is 13.2 Å². The van der Waals surface area contributed by atoms with E-state index in [1.165, 1.54) is 6.26 Å². The molecule has 3 rings (SSSR count). The molecule has 1 aromatic carbocycles. The number of likely N-dealkylation sites (tertiary alicyclic amines) is 1. The molecular weight excluding hydrogens is 326 g/mol. The van der Waals surface area contributed by atoms with Crippen LogP contribution in [-0.2, 0) is 9.84 Å². The highest BCUT2D eigenvalue weighted by Gasteiger charge is 2.28. The number of para-hydroxylation sites is 1. The van der Waals surface area contributed by atoms with Crippen LogP contribution in [0.25, 0.3) is 0 Å². The molecule has 1 aromatic heterocycles. The SMILES string of the molecule is CS(=O)(=O)c1ccccc1NC1CCN(C(=O)c2ccccn2)C1. The predicted octanol–water partition coefficient (Wildman–Crippen LogP) is 1.81. The van der Waals surface area contributed by atoms with Crippen LogP contribution in [0.3, 0.4) is 0 Å². The number of nitrogens with zero attached hydrogens (tertiary/aromatic N) is 2. The second-order valence-corrected chi connectivity index (χ2v) is 7.85. The Balaban J connectivity index is 1.71. The molecule has 1 amide bonds. The molecule has 24 heavy (non-hydrogen) atoms. The Hall–Kier alpha value is -2.41. The summed E-state index contributed by atoms with van der Waals surface area (Å²) in [5, 5.41) is 3.26. The molecule has 0 radical (unpaired) electrons. The zero-order valence-corrected chi connectivity index (χ0v) is 14.2. The van der Waals surface area contributed by atoms with Crippen molar-refractivity contribution in [1.29, 1.82) is 0 Å². The number of pyridine rings is 1. The Bertz CT molecular complexity index is 837. The monoisotopic (exact) mass is 345 g/mol. The number of benzene rings is 1. The number of aromatic nitrogens is 1. The van der Waals surface area contributed by atoms with Crippen LogP contribution in [0.4, 0.5) is 5.69 Å². The molecule has 1 atom stereocenters. The van der Waals surface area contributed by atoms with Gasteiger partial charge in [0.05, 0.1) is 10.6 Å². The van der Waals surface area contributed by atoms with Gasteiger partial charge in [0.1, 0.15) is 5.69 Å². The van der Waals surface area contributed by atoms with Gasteiger partial charge in [-0.1, -0.05) is 18.2 Å². The maximum absolute atomic E-state index is 12.4. The summed E-state index contributed by atoms with van der Waals surface area (Å²) in [5.74, 6) is -0.101. The second-order valence-electron chi connectivity index (χ2n) is 5.86. The summed E-state index contributed by atoms with van der Waals surface area (Å²) >= 11 is 0. The molecule has 1 saturated heterocycles. The molecule has 6 nitrogen and oxygen atoms in total. The van der Waals surface area contributed by atoms with Gasteiger partial charge < -0.3 is 10.2 Å². The maximum Gasteiger partial charge on any atom is 0.272 e. The summed E-state index contributed by atoms with van der Waals surface area (Å²) < 4.78 is 23.7. The van der Waals surface area contributed by atoms with Gasteiger partial charge in [-0.25, -0.2) is 8.42 Å². The van der Waals surface area contributed by atoms with Crippen LogP contribution in [0.5, 0.6) is 0 Å². The number of hydrogen-bond acceptors (Lipinski definition) is 5. The predicted molar refractivity (Wildman–Crippen MR) is 91.7 cm³/mol. The Morgan fingerprint density at radius 2 is 1.96 bits per heavy atom. The summed E-state index contributed by atoms with van der Waals surface area (Å²) in [6, 6.07) is 12.1. The topological polar surface area (TPSA) is 79.4 Å². The first-order chi connectivity index (χ1) is 11.4. The highest BCUT2D eigenvalue weighted by molar-refractivity contribution is 7.90. The highest BCUT2D eigenvalue weighted by atomic mass is 32.2. The van der Waals surface area contributed by atoms with Gasteiger partial charge in [-0.2, -0.15) is 0 Å². The fourth-order valence-corrected chi connectivity index (χ4v) is 3.70. The number of nitrogens with one attached hydrogen (secondary N) is 1. The fourth-order valence-electron chi connectivity index (χ4n) is 2.84. The normalized spacial score (nSPS) is 17.7. The van der Waals surface area contributed by atoms with Crippen molar-refractivity contribution in [2.75, 3.05) is 24.7 Å². The van der Waals surface area contributed by atoms with Crippen LogP contribution in [-0.4, -0.2) is 49.6 Å². The first-order valence-electron chi connectivity index (χ1n) is 7.71. The van der Waals surface area contributed by atoms with Gasteiger partial charge in [-0.3, -0.25) is 9.78 Å². The third kappa shape index (κ3) is 3.56. The van der Waals surface area contributed by atoms with E-state index in [0.717, 1.165) is 6.42 Å². The van der Waals surface area contributed by atoms with E-state index in [0.29, 0.717) is 24.5 Å². The van der Waals surface area contributed by atoms with Gasteiger partial charge in [0, 0.05) is 31.6 Å². The molecule has 0 saturated carbocycles. The summed E-state index contributed by atoms with van der Waals surface area (Å²) in [6.07, 6.45) is 3.55. The van der Waals surface area contributed by atoms with E-state index in [4.69, 9.17) is 0 Å². The summed E-state index contributed by atoms with van der Waals surface area (Å²) in [4.78, 5) is 18.5. The first-order valence-corrected chi connectivity index (χ1v) is 9.60. The van der Waals surface area contributed by atoms with Gasteiger partial charge >= 0.3 is 0 Å². The highest BCUT2D eigenvalue weighted by Crippen LogP contribution is 2.24. The Morgan fingerprint density at radius 3 is 2.67 bits per heavy atom. The van der Waals surface area contributed by atoms with E-state index < -0.39 is 9.84 Å². The minimum Gasteiger partial charge on any atom is -0.379 e. The maximum atomic E-state index is 12.4. The van der Waals surface area contributed by atoms with E-state index >= 15 is 0 Å². The fraction of sp³-hybridized carbons (Fsp3) is 0.294. The van der Waals surface area contributed by atoms with E-state index in [9.17, 15) is 13.2 Å². The average molecular weight is 345 g/mol.